The second kappa shape index (κ2) is 7.19. The van der Waals surface area contributed by atoms with Gasteiger partial charge in [-0.05, 0) is 79.5 Å². The van der Waals surface area contributed by atoms with E-state index < -0.39 is 0 Å². The van der Waals surface area contributed by atoms with Crippen molar-refractivity contribution in [2.24, 2.45) is 22.7 Å². The van der Waals surface area contributed by atoms with Gasteiger partial charge in [-0.3, -0.25) is 4.79 Å². The highest BCUT2D eigenvalue weighted by Crippen LogP contribution is 2.70. The van der Waals surface area contributed by atoms with Crippen LogP contribution in [0.15, 0.2) is 30.3 Å². The van der Waals surface area contributed by atoms with Gasteiger partial charge in [-0.15, -0.1) is 0 Å². The van der Waals surface area contributed by atoms with Gasteiger partial charge in [0, 0.05) is 24.8 Å². The molecule has 1 spiro atoms. The van der Waals surface area contributed by atoms with Crippen LogP contribution in [-0.2, 0) is 9.53 Å². The lowest BCUT2D eigenvalue weighted by Crippen LogP contribution is -2.58. The van der Waals surface area contributed by atoms with Gasteiger partial charge >= 0.3 is 0 Å². The third-order valence-electron chi connectivity index (χ3n) is 8.58. The van der Waals surface area contributed by atoms with Crippen LogP contribution < -0.4 is 5.32 Å². The SMILES string of the molecule is CCC(=O)N[C@@H]1C(C)(C)[C@@H]2C[C@@H]3[C@@H](c4cccc(-n5nc(C)cc5C)c4)OCC[C@@]31C2. The van der Waals surface area contributed by atoms with Crippen LogP contribution in [0.3, 0.4) is 0 Å². The fourth-order valence-electron chi connectivity index (χ4n) is 7.10. The van der Waals surface area contributed by atoms with Crippen LogP contribution in [0.1, 0.15) is 69.5 Å². The molecule has 2 bridgehead atoms. The van der Waals surface area contributed by atoms with Gasteiger partial charge in [0.25, 0.3) is 0 Å². The first-order valence-corrected chi connectivity index (χ1v) is 11.8. The molecule has 5 atom stereocenters. The lowest BCUT2D eigenvalue weighted by molar-refractivity contribution is -0.137. The third kappa shape index (κ3) is 3.07. The number of ether oxygens (including phenoxy) is 1. The second-order valence-corrected chi connectivity index (χ2v) is 10.6. The number of benzene rings is 1. The molecule has 166 valence electrons. The van der Waals surface area contributed by atoms with Gasteiger partial charge in [-0.25, -0.2) is 4.68 Å². The monoisotopic (exact) mass is 421 g/mol. The Bertz CT molecular complexity index is 1010. The van der Waals surface area contributed by atoms with E-state index in [1.165, 1.54) is 18.4 Å². The molecule has 3 aliphatic rings. The summed E-state index contributed by atoms with van der Waals surface area (Å²) in [6.07, 6.45) is 4.05. The number of aromatic nitrogens is 2. The molecule has 2 saturated carbocycles. The first kappa shape index (κ1) is 20.7. The van der Waals surface area contributed by atoms with Crippen molar-refractivity contribution in [3.63, 3.8) is 0 Å². The summed E-state index contributed by atoms with van der Waals surface area (Å²) in [7, 11) is 0. The second-order valence-electron chi connectivity index (χ2n) is 10.6. The van der Waals surface area contributed by atoms with Crippen LogP contribution in [0, 0.1) is 36.5 Å². The first-order valence-electron chi connectivity index (χ1n) is 11.8. The zero-order chi connectivity index (χ0) is 22.0. The van der Waals surface area contributed by atoms with E-state index in [1.807, 2.05) is 18.5 Å². The van der Waals surface area contributed by atoms with E-state index in [1.54, 1.807) is 0 Å². The van der Waals surface area contributed by atoms with Crippen molar-refractivity contribution in [2.75, 3.05) is 6.61 Å². The summed E-state index contributed by atoms with van der Waals surface area (Å²) in [5, 5.41) is 8.12. The Morgan fingerprint density at radius 2 is 2.10 bits per heavy atom. The number of carbonyl (C=O) groups is 1. The first-order chi connectivity index (χ1) is 14.8. The van der Waals surface area contributed by atoms with Crippen LogP contribution >= 0.6 is 0 Å². The largest absolute Gasteiger partial charge is 0.373 e. The molecular weight excluding hydrogens is 386 g/mol. The molecule has 5 rings (SSSR count). The quantitative estimate of drug-likeness (QED) is 0.764. The molecule has 1 aliphatic heterocycles. The minimum Gasteiger partial charge on any atom is -0.373 e. The van der Waals surface area contributed by atoms with Crippen LogP contribution in [0.2, 0.25) is 0 Å². The van der Waals surface area contributed by atoms with Crippen LogP contribution in [-0.4, -0.2) is 28.3 Å². The van der Waals surface area contributed by atoms with Crippen molar-refractivity contribution in [3.8, 4) is 5.69 Å². The Balaban J connectivity index is 1.50. The van der Waals surface area contributed by atoms with Gasteiger partial charge in [0.05, 0.1) is 17.5 Å². The molecule has 5 heteroatoms. The number of carbonyl (C=O) groups excluding carboxylic acids is 1. The molecule has 0 unspecified atom stereocenters. The summed E-state index contributed by atoms with van der Waals surface area (Å²) < 4.78 is 8.48. The highest BCUT2D eigenvalue weighted by atomic mass is 16.5. The smallest absolute Gasteiger partial charge is 0.219 e. The number of amides is 1. The average Bonchev–Trinajstić information content (AvgIpc) is 3.36. The Labute approximate surface area is 185 Å². The normalized spacial score (nSPS) is 33.3. The lowest BCUT2D eigenvalue weighted by Gasteiger charge is -2.53. The summed E-state index contributed by atoms with van der Waals surface area (Å²) in [4.78, 5) is 12.4. The molecule has 1 aromatic carbocycles. The van der Waals surface area contributed by atoms with Crippen LogP contribution in [0.4, 0.5) is 0 Å². The Kier molecular flexibility index (Phi) is 4.81. The van der Waals surface area contributed by atoms with Gasteiger partial charge in [0.2, 0.25) is 5.91 Å². The molecule has 3 fully saturated rings. The van der Waals surface area contributed by atoms with Gasteiger partial charge in [-0.2, -0.15) is 5.10 Å². The molecule has 31 heavy (non-hydrogen) atoms. The number of nitrogens with one attached hydrogen (secondary N) is 1. The molecule has 2 aromatic rings. The van der Waals surface area contributed by atoms with E-state index in [0.717, 1.165) is 30.1 Å². The maximum absolute atomic E-state index is 12.4. The number of hydrogen-bond acceptors (Lipinski definition) is 3. The van der Waals surface area contributed by atoms with Crippen molar-refractivity contribution in [3.05, 3.63) is 47.3 Å². The molecule has 1 N–H and O–H groups in total. The molecule has 0 radical (unpaired) electrons. The van der Waals surface area contributed by atoms with Crippen LogP contribution in [0.25, 0.3) is 5.69 Å². The average molecular weight is 422 g/mol. The Morgan fingerprint density at radius 3 is 2.81 bits per heavy atom. The molecule has 2 aliphatic carbocycles. The van der Waals surface area contributed by atoms with E-state index in [9.17, 15) is 4.79 Å². The van der Waals surface area contributed by atoms with E-state index in [-0.39, 0.29) is 28.9 Å². The fourth-order valence-corrected chi connectivity index (χ4v) is 7.10. The molecule has 1 amide bonds. The van der Waals surface area contributed by atoms with Gasteiger partial charge in [0.1, 0.15) is 0 Å². The highest BCUT2D eigenvalue weighted by molar-refractivity contribution is 5.76. The number of rotatable bonds is 4. The topological polar surface area (TPSA) is 56.2 Å². The highest BCUT2D eigenvalue weighted by Gasteiger charge is 2.68. The minimum absolute atomic E-state index is 0.0767. The van der Waals surface area contributed by atoms with Gasteiger partial charge in [0.15, 0.2) is 0 Å². The summed E-state index contributed by atoms with van der Waals surface area (Å²) in [5.74, 6) is 1.24. The zero-order valence-electron chi connectivity index (χ0n) is 19.4. The van der Waals surface area contributed by atoms with Crippen molar-refractivity contribution < 1.29 is 9.53 Å². The molecule has 1 aromatic heterocycles. The summed E-state index contributed by atoms with van der Waals surface area (Å²) in [6.45, 7) is 11.5. The predicted octanol–water partition coefficient (Wildman–Crippen LogP) is 4.90. The maximum atomic E-state index is 12.4. The van der Waals surface area contributed by atoms with E-state index >= 15 is 0 Å². The Morgan fingerprint density at radius 1 is 1.29 bits per heavy atom. The molecule has 5 nitrogen and oxygen atoms in total. The van der Waals surface area contributed by atoms with Crippen molar-refractivity contribution in [1.82, 2.24) is 15.1 Å². The number of hydrogen-bond donors (Lipinski definition) is 1. The minimum atomic E-state index is 0.0767. The molecule has 1 saturated heterocycles. The van der Waals surface area contributed by atoms with E-state index in [4.69, 9.17) is 4.74 Å². The predicted molar refractivity (Wildman–Crippen MR) is 121 cm³/mol. The van der Waals surface area contributed by atoms with Crippen molar-refractivity contribution >= 4 is 5.91 Å². The maximum Gasteiger partial charge on any atom is 0.219 e. The molecule has 2 heterocycles. The van der Waals surface area contributed by atoms with Crippen molar-refractivity contribution in [1.29, 1.82) is 0 Å². The molecular formula is C26H35N3O2. The lowest BCUT2D eigenvalue weighted by atomic mass is 9.59. The fraction of sp³-hybridized carbons (Fsp3) is 0.615. The van der Waals surface area contributed by atoms with Gasteiger partial charge < -0.3 is 10.1 Å². The summed E-state index contributed by atoms with van der Waals surface area (Å²) in [5.41, 5.74) is 4.76. The number of aryl methyl sites for hydroxylation is 2. The number of fused-ring (bicyclic) bond motifs is 1. The standard InChI is InChI=1S/C26H35N3O2/c1-6-22(30)27-24-25(4,5)19-14-21-23(31-11-10-26(21,24)15-19)18-8-7-9-20(13-18)29-17(3)12-16(2)28-29/h7-9,12-13,19,21,23-24H,6,10-11,14-15H2,1-5H3,(H,27,30)/t19-,21-,23-,24-,26-/m1/s1. The van der Waals surface area contributed by atoms with Gasteiger partial charge in [-0.1, -0.05) is 32.9 Å². The van der Waals surface area contributed by atoms with E-state index in [2.05, 4.69) is 61.5 Å². The third-order valence-corrected chi connectivity index (χ3v) is 8.58. The Hall–Kier alpha value is -2.14. The van der Waals surface area contributed by atoms with Crippen LogP contribution in [0.5, 0.6) is 0 Å². The van der Waals surface area contributed by atoms with E-state index in [0.29, 0.717) is 18.3 Å². The zero-order valence-corrected chi connectivity index (χ0v) is 19.4. The summed E-state index contributed by atoms with van der Waals surface area (Å²) >= 11 is 0. The number of nitrogens with zero attached hydrogens (tertiary/aromatic N) is 2. The van der Waals surface area contributed by atoms with Crippen molar-refractivity contribution in [2.45, 2.75) is 72.4 Å². The summed E-state index contributed by atoms with van der Waals surface area (Å²) in [6, 6.07) is 11.0.